The molecule has 1 fully saturated rings. The smallest absolute Gasteiger partial charge is 0.252 e. The monoisotopic (exact) mass is 327 g/mol. The topological polar surface area (TPSA) is 114 Å². The molecule has 24 heavy (non-hydrogen) atoms. The quantitative estimate of drug-likeness (QED) is 0.593. The Hall–Kier alpha value is -2.94. The Bertz CT molecular complexity index is 906. The Morgan fingerprint density at radius 1 is 1.12 bits per heavy atom. The molecule has 1 aliphatic rings. The van der Waals surface area contributed by atoms with Crippen LogP contribution in [0.3, 0.4) is 0 Å². The predicted octanol–water partition coefficient (Wildman–Crippen LogP) is -0.271. The van der Waals surface area contributed by atoms with Gasteiger partial charge in [0.1, 0.15) is 23.6 Å². The highest BCUT2D eigenvalue weighted by atomic mass is 16.3. The average Bonchev–Trinajstić information content (AvgIpc) is 2.97. The molecule has 1 unspecified atom stereocenters. The molecule has 0 bridgehead atoms. The molecule has 1 atom stereocenters. The second-order valence-corrected chi connectivity index (χ2v) is 5.75. The van der Waals surface area contributed by atoms with Crippen molar-refractivity contribution in [3.05, 3.63) is 41.3 Å². The van der Waals surface area contributed by atoms with Crippen LogP contribution in [0.25, 0.3) is 11.0 Å². The van der Waals surface area contributed by atoms with Gasteiger partial charge in [-0.3, -0.25) is 4.79 Å². The number of rotatable bonds is 2. The van der Waals surface area contributed by atoms with E-state index < -0.39 is 6.10 Å². The highest BCUT2D eigenvalue weighted by Crippen LogP contribution is 2.23. The summed E-state index contributed by atoms with van der Waals surface area (Å²) in [5.74, 6) is 1.36. The number of nitrogens with one attached hydrogen (secondary N) is 2. The number of aromatic amines is 2. The lowest BCUT2D eigenvalue weighted by Gasteiger charge is -2.23. The Kier molecular flexibility index (Phi) is 3.62. The summed E-state index contributed by atoms with van der Waals surface area (Å²) in [6.07, 6.45) is 4.13. The van der Waals surface area contributed by atoms with Gasteiger partial charge in [0.25, 0.3) is 5.56 Å². The maximum atomic E-state index is 11.5. The Morgan fingerprint density at radius 3 is 2.83 bits per heavy atom. The Balaban J connectivity index is 1.62. The highest BCUT2D eigenvalue weighted by molar-refractivity contribution is 5.87. The van der Waals surface area contributed by atoms with Gasteiger partial charge in [-0.2, -0.15) is 0 Å². The van der Waals surface area contributed by atoms with Crippen molar-refractivity contribution in [1.82, 2.24) is 24.9 Å². The molecule has 0 amide bonds. The van der Waals surface area contributed by atoms with Crippen LogP contribution in [0.4, 0.5) is 11.6 Å². The van der Waals surface area contributed by atoms with E-state index in [0.29, 0.717) is 32.0 Å². The zero-order valence-corrected chi connectivity index (χ0v) is 12.9. The second kappa shape index (κ2) is 5.93. The van der Waals surface area contributed by atoms with Gasteiger partial charge in [0.15, 0.2) is 0 Å². The number of β-amino-alcohol motifs (C(OH)–C–C–N with tert-alkyl or cyclic N) is 1. The van der Waals surface area contributed by atoms with E-state index in [1.165, 1.54) is 18.7 Å². The summed E-state index contributed by atoms with van der Waals surface area (Å²) in [6, 6.07) is 3.37. The third-order valence-electron chi connectivity index (χ3n) is 4.12. The summed E-state index contributed by atoms with van der Waals surface area (Å²) >= 11 is 0. The minimum atomic E-state index is -0.586. The number of aliphatic hydroxyl groups is 1. The minimum Gasteiger partial charge on any atom is -0.389 e. The van der Waals surface area contributed by atoms with Crippen molar-refractivity contribution in [2.45, 2.75) is 6.10 Å². The normalized spacial score (nSPS) is 18.8. The van der Waals surface area contributed by atoms with E-state index in [9.17, 15) is 9.90 Å². The summed E-state index contributed by atoms with van der Waals surface area (Å²) in [5, 5.41) is 11.3. The molecular formula is C15H17N7O2. The lowest BCUT2D eigenvalue weighted by Crippen LogP contribution is -2.34. The van der Waals surface area contributed by atoms with Crippen molar-refractivity contribution < 1.29 is 5.11 Å². The maximum Gasteiger partial charge on any atom is 0.252 e. The number of hydrogen-bond donors (Lipinski definition) is 3. The van der Waals surface area contributed by atoms with Gasteiger partial charge in [0, 0.05) is 38.4 Å². The van der Waals surface area contributed by atoms with Gasteiger partial charge >= 0.3 is 0 Å². The number of nitrogens with zero attached hydrogens (tertiary/aromatic N) is 5. The van der Waals surface area contributed by atoms with E-state index in [4.69, 9.17) is 0 Å². The number of aliphatic hydroxyl groups excluding tert-OH is 1. The summed E-state index contributed by atoms with van der Waals surface area (Å²) in [6.45, 7) is 2.15. The predicted molar refractivity (Wildman–Crippen MR) is 89.2 cm³/mol. The number of fused-ring (bicyclic) bond motifs is 1. The fourth-order valence-electron chi connectivity index (χ4n) is 3.03. The zero-order chi connectivity index (χ0) is 16.5. The molecule has 4 rings (SSSR count). The zero-order valence-electron chi connectivity index (χ0n) is 12.9. The van der Waals surface area contributed by atoms with Crippen molar-refractivity contribution in [2.24, 2.45) is 0 Å². The third kappa shape index (κ3) is 2.69. The number of hydrogen-bond acceptors (Lipinski definition) is 7. The molecular weight excluding hydrogens is 310 g/mol. The van der Waals surface area contributed by atoms with Crippen LogP contribution >= 0.6 is 0 Å². The molecule has 0 radical (unpaired) electrons. The summed E-state index contributed by atoms with van der Waals surface area (Å²) in [4.78, 5) is 33.8. The molecule has 124 valence electrons. The van der Waals surface area contributed by atoms with Crippen LogP contribution in [0.5, 0.6) is 0 Å². The van der Waals surface area contributed by atoms with E-state index in [1.807, 2.05) is 22.1 Å². The lowest BCUT2D eigenvalue weighted by atomic mass is 10.3. The first-order chi connectivity index (χ1) is 11.7. The molecule has 3 aromatic rings. The van der Waals surface area contributed by atoms with Gasteiger partial charge in [0.2, 0.25) is 0 Å². The Morgan fingerprint density at radius 2 is 1.96 bits per heavy atom. The molecule has 3 N–H and O–H groups in total. The van der Waals surface area contributed by atoms with Crippen LogP contribution in [-0.2, 0) is 0 Å². The lowest BCUT2D eigenvalue weighted by molar-refractivity contribution is 0.190. The summed E-state index contributed by atoms with van der Waals surface area (Å²) < 4.78 is 0. The maximum absolute atomic E-state index is 11.5. The van der Waals surface area contributed by atoms with Crippen LogP contribution < -0.4 is 15.4 Å². The molecule has 0 aliphatic carbocycles. The third-order valence-corrected chi connectivity index (χ3v) is 4.12. The molecule has 9 heteroatoms. The van der Waals surface area contributed by atoms with Crippen molar-refractivity contribution in [3.8, 4) is 0 Å². The van der Waals surface area contributed by atoms with Gasteiger partial charge in [0.05, 0.1) is 17.8 Å². The molecule has 1 saturated heterocycles. The molecule has 1 aliphatic heterocycles. The second-order valence-electron chi connectivity index (χ2n) is 5.75. The van der Waals surface area contributed by atoms with E-state index in [-0.39, 0.29) is 5.56 Å². The van der Waals surface area contributed by atoms with Crippen LogP contribution in [-0.4, -0.2) is 62.3 Å². The van der Waals surface area contributed by atoms with E-state index >= 15 is 0 Å². The van der Waals surface area contributed by atoms with Crippen molar-refractivity contribution in [1.29, 1.82) is 0 Å². The van der Waals surface area contributed by atoms with E-state index in [2.05, 4.69) is 24.9 Å². The fraction of sp³-hybridized carbons (Fsp3) is 0.333. The average molecular weight is 327 g/mol. The number of anilines is 2. The minimum absolute atomic E-state index is 0.208. The largest absolute Gasteiger partial charge is 0.389 e. The first-order valence-corrected chi connectivity index (χ1v) is 7.71. The van der Waals surface area contributed by atoms with Gasteiger partial charge in [-0.25, -0.2) is 15.0 Å². The summed E-state index contributed by atoms with van der Waals surface area (Å²) in [7, 11) is 0. The van der Waals surface area contributed by atoms with Crippen LogP contribution in [0.1, 0.15) is 0 Å². The van der Waals surface area contributed by atoms with Crippen LogP contribution in [0.2, 0.25) is 0 Å². The Labute approximate surface area is 137 Å². The van der Waals surface area contributed by atoms with Gasteiger partial charge in [-0.1, -0.05) is 0 Å². The fourth-order valence-corrected chi connectivity index (χ4v) is 3.03. The molecule has 9 nitrogen and oxygen atoms in total. The number of aromatic nitrogens is 5. The van der Waals surface area contributed by atoms with Crippen molar-refractivity contribution >= 4 is 22.7 Å². The van der Waals surface area contributed by atoms with Gasteiger partial charge < -0.3 is 24.9 Å². The molecule has 0 saturated carbocycles. The van der Waals surface area contributed by atoms with E-state index in [1.54, 1.807) is 0 Å². The van der Waals surface area contributed by atoms with Crippen LogP contribution in [0, 0.1) is 0 Å². The summed E-state index contributed by atoms with van der Waals surface area (Å²) in [5.41, 5.74) is 0.562. The van der Waals surface area contributed by atoms with Gasteiger partial charge in [-0.05, 0) is 6.07 Å². The first kappa shape index (κ1) is 14.6. The SMILES string of the molecule is O=c1cc(N2CCN(c3ncnc4[nH]ccc34)CC(O)C2)nc[nH]1. The molecule has 3 aromatic heterocycles. The standard InChI is InChI=1S/C15H17N7O2/c23-10-6-21(12-5-13(24)18-8-17-12)3-4-22(7-10)15-11-1-2-16-14(11)19-9-20-15/h1-2,5,8-10,23H,3-4,6-7H2,(H,16,19,20)(H,17,18,24). The first-order valence-electron chi connectivity index (χ1n) is 7.71. The molecule has 4 heterocycles. The van der Waals surface area contributed by atoms with E-state index in [0.717, 1.165) is 16.9 Å². The van der Waals surface area contributed by atoms with Gasteiger partial charge in [-0.15, -0.1) is 0 Å². The highest BCUT2D eigenvalue weighted by Gasteiger charge is 2.24. The molecule has 0 aromatic carbocycles. The van der Waals surface area contributed by atoms with Crippen LogP contribution in [0.15, 0.2) is 35.8 Å². The molecule has 0 spiro atoms. The number of H-pyrrole nitrogens is 2. The van der Waals surface area contributed by atoms with Crippen molar-refractivity contribution in [3.63, 3.8) is 0 Å². The van der Waals surface area contributed by atoms with Crippen molar-refractivity contribution in [2.75, 3.05) is 36.0 Å².